The van der Waals surface area contributed by atoms with Crippen molar-refractivity contribution in [1.29, 1.82) is 0 Å². The summed E-state index contributed by atoms with van der Waals surface area (Å²) in [5.74, 6) is 1.28. The average Bonchev–Trinajstić information content (AvgIpc) is 2.41. The number of carbonyl (C=O) groups is 1. The molecule has 0 radical (unpaired) electrons. The summed E-state index contributed by atoms with van der Waals surface area (Å²) < 4.78 is 0.291. The van der Waals surface area contributed by atoms with E-state index in [0.717, 1.165) is 30.3 Å². The maximum Gasteiger partial charge on any atom is 0.427 e. The molecule has 0 saturated carbocycles. The highest BCUT2D eigenvalue weighted by atomic mass is 35.5. The van der Waals surface area contributed by atoms with Gasteiger partial charge in [-0.25, -0.2) is 9.78 Å². The molecular weight excluding hydrogens is 228 g/mol. The topological polar surface area (TPSA) is 54.9 Å². The molecule has 1 fully saturated rings. The number of hydrogen-bond donors (Lipinski definition) is 1. The van der Waals surface area contributed by atoms with Crippen LogP contribution in [0.5, 0.6) is 0 Å². The van der Waals surface area contributed by atoms with Crippen LogP contribution in [0.1, 0.15) is 12.6 Å². The number of rotatable bonds is 0. The van der Waals surface area contributed by atoms with E-state index in [1.807, 2.05) is 6.92 Å². The molecule has 0 aliphatic carbocycles. The molecule has 84 valence electrons. The van der Waals surface area contributed by atoms with Crippen LogP contribution in [0.25, 0.3) is 0 Å². The number of nitrogens with one attached hydrogen (secondary N) is 1. The highest BCUT2D eigenvalue weighted by Gasteiger charge is 2.57. The van der Waals surface area contributed by atoms with E-state index in [0.29, 0.717) is 10.4 Å². The molecule has 1 aromatic rings. The second kappa shape index (κ2) is 2.93. The fourth-order valence-corrected chi connectivity index (χ4v) is 2.85. The number of carbonyl (C=O) groups excluding carboxylic acids is 1. The van der Waals surface area contributed by atoms with Crippen molar-refractivity contribution in [3.05, 3.63) is 11.0 Å². The Morgan fingerprint density at radius 3 is 2.75 bits per heavy atom. The van der Waals surface area contributed by atoms with Crippen LogP contribution in [0.3, 0.4) is 0 Å². The van der Waals surface area contributed by atoms with Gasteiger partial charge in [-0.1, -0.05) is 6.92 Å². The summed E-state index contributed by atoms with van der Waals surface area (Å²) in [7, 11) is 0. The number of anilines is 1. The summed E-state index contributed by atoms with van der Waals surface area (Å²) in [5.41, 5.74) is 1.47. The van der Waals surface area contributed by atoms with E-state index in [1.54, 1.807) is 0 Å². The molecule has 3 heterocycles. The maximum absolute atomic E-state index is 12.0. The largest absolute Gasteiger partial charge is 0.427 e. The van der Waals surface area contributed by atoms with Gasteiger partial charge in [0, 0.05) is 0 Å². The fraction of sp³-hybridized carbons (Fsp3) is 0.500. The standard InChI is InChI=1S/C10H11ClN4O/c1-5-3-15(4-5)8-7(13-10(15)16)6(2)12-9(11)14-8/h5H,3-4H2,1-2H3/p+1. The molecule has 6 heteroatoms. The van der Waals surface area contributed by atoms with E-state index >= 15 is 0 Å². The Kier molecular flexibility index (Phi) is 1.83. The summed E-state index contributed by atoms with van der Waals surface area (Å²) in [6.45, 7) is 5.55. The molecule has 2 aliphatic heterocycles. The zero-order valence-corrected chi connectivity index (χ0v) is 9.88. The number of fused-ring (bicyclic) bond motifs is 2. The number of quaternary nitrogens is 1. The van der Waals surface area contributed by atoms with Crippen molar-refractivity contribution in [2.75, 3.05) is 18.4 Å². The van der Waals surface area contributed by atoms with Crippen molar-refractivity contribution < 1.29 is 4.79 Å². The Bertz CT molecular complexity index is 496. The smallest absolute Gasteiger partial charge is 0.266 e. The van der Waals surface area contributed by atoms with Crippen molar-refractivity contribution in [3.63, 3.8) is 0 Å². The summed E-state index contributed by atoms with van der Waals surface area (Å²) >= 11 is 5.85. The molecule has 0 aromatic carbocycles. The third kappa shape index (κ3) is 1.07. The third-order valence-electron chi connectivity index (χ3n) is 3.32. The van der Waals surface area contributed by atoms with E-state index in [1.165, 1.54) is 0 Å². The monoisotopic (exact) mass is 239 g/mol. The van der Waals surface area contributed by atoms with Gasteiger partial charge in [0.25, 0.3) is 5.82 Å². The first kappa shape index (κ1) is 9.99. The van der Waals surface area contributed by atoms with Crippen LogP contribution in [0.4, 0.5) is 16.3 Å². The molecule has 1 saturated heterocycles. The van der Waals surface area contributed by atoms with Crippen molar-refractivity contribution in [1.82, 2.24) is 14.5 Å². The molecule has 3 rings (SSSR count). The summed E-state index contributed by atoms with van der Waals surface area (Å²) in [4.78, 5) is 20.3. The van der Waals surface area contributed by atoms with Crippen LogP contribution in [-0.2, 0) is 0 Å². The van der Waals surface area contributed by atoms with Crippen LogP contribution >= 0.6 is 11.6 Å². The summed E-state index contributed by atoms with van der Waals surface area (Å²) in [6.07, 6.45) is 0. The summed E-state index contributed by atoms with van der Waals surface area (Å²) in [6, 6.07) is -0.00670. The van der Waals surface area contributed by atoms with Gasteiger partial charge in [0.05, 0.1) is 11.6 Å². The number of aryl methyl sites for hydroxylation is 1. The maximum atomic E-state index is 12.0. The number of amides is 2. The Hall–Kier alpha value is -1.20. The van der Waals surface area contributed by atoms with Gasteiger partial charge in [0.1, 0.15) is 13.1 Å². The fourth-order valence-electron chi connectivity index (χ4n) is 2.64. The van der Waals surface area contributed by atoms with Gasteiger partial charge < -0.3 is 0 Å². The number of urea groups is 1. The highest BCUT2D eigenvalue weighted by Crippen LogP contribution is 2.44. The van der Waals surface area contributed by atoms with Gasteiger partial charge in [-0.15, -0.1) is 0 Å². The van der Waals surface area contributed by atoms with Crippen LogP contribution < -0.4 is 9.80 Å². The zero-order valence-electron chi connectivity index (χ0n) is 9.12. The van der Waals surface area contributed by atoms with E-state index < -0.39 is 0 Å². The summed E-state index contributed by atoms with van der Waals surface area (Å²) in [5, 5.41) is 3.07. The minimum atomic E-state index is -0.00670. The van der Waals surface area contributed by atoms with Crippen molar-refractivity contribution >= 4 is 29.1 Å². The number of aromatic nitrogens is 2. The molecule has 1 aromatic heterocycles. The molecule has 0 bridgehead atoms. The van der Waals surface area contributed by atoms with Gasteiger partial charge in [-0.2, -0.15) is 9.47 Å². The predicted octanol–water partition coefficient (Wildman–Crippen LogP) is 1.94. The van der Waals surface area contributed by atoms with E-state index in [9.17, 15) is 4.79 Å². The van der Waals surface area contributed by atoms with E-state index in [-0.39, 0.29) is 11.3 Å². The number of halogens is 1. The van der Waals surface area contributed by atoms with Gasteiger partial charge in [-0.3, -0.25) is 5.32 Å². The second-order valence-corrected chi connectivity index (χ2v) is 4.98. The Morgan fingerprint density at radius 2 is 2.12 bits per heavy atom. The van der Waals surface area contributed by atoms with Crippen LogP contribution in [0, 0.1) is 12.8 Å². The Morgan fingerprint density at radius 1 is 1.44 bits per heavy atom. The zero-order chi connectivity index (χ0) is 11.5. The molecule has 2 aliphatic rings. The average molecular weight is 240 g/mol. The molecule has 16 heavy (non-hydrogen) atoms. The number of hydrogen-bond acceptors (Lipinski definition) is 3. The van der Waals surface area contributed by atoms with Gasteiger partial charge in [-0.05, 0) is 18.5 Å². The first-order valence-corrected chi connectivity index (χ1v) is 5.64. The quantitative estimate of drug-likeness (QED) is 0.556. The molecule has 1 spiro atoms. The lowest BCUT2D eigenvalue weighted by Gasteiger charge is -2.41. The van der Waals surface area contributed by atoms with Gasteiger partial charge in [0.15, 0.2) is 5.69 Å². The Balaban J connectivity index is 2.18. The molecule has 2 amide bonds. The highest BCUT2D eigenvalue weighted by molar-refractivity contribution is 6.28. The Labute approximate surface area is 98.0 Å². The lowest BCUT2D eigenvalue weighted by atomic mass is 9.99. The lowest BCUT2D eigenvalue weighted by molar-refractivity contribution is 0.145. The van der Waals surface area contributed by atoms with Gasteiger partial charge in [0.2, 0.25) is 5.28 Å². The molecular formula is C10H12ClN4O+. The van der Waals surface area contributed by atoms with Crippen molar-refractivity contribution in [2.45, 2.75) is 13.8 Å². The van der Waals surface area contributed by atoms with Crippen LogP contribution in [0.2, 0.25) is 5.28 Å². The first-order chi connectivity index (χ1) is 7.53. The third-order valence-corrected chi connectivity index (χ3v) is 3.49. The first-order valence-electron chi connectivity index (χ1n) is 5.26. The normalized spacial score (nSPS) is 31.2. The predicted molar refractivity (Wildman–Crippen MR) is 61.5 cm³/mol. The van der Waals surface area contributed by atoms with Crippen LogP contribution in [-0.4, -0.2) is 29.1 Å². The second-order valence-electron chi connectivity index (χ2n) is 4.64. The molecule has 0 unspecified atom stereocenters. The lowest BCUT2D eigenvalue weighted by Crippen LogP contribution is -2.66. The van der Waals surface area contributed by atoms with Crippen LogP contribution in [0.15, 0.2) is 0 Å². The van der Waals surface area contributed by atoms with Gasteiger partial charge >= 0.3 is 6.03 Å². The molecule has 5 nitrogen and oxygen atoms in total. The van der Waals surface area contributed by atoms with E-state index in [2.05, 4.69) is 22.2 Å². The van der Waals surface area contributed by atoms with Crippen molar-refractivity contribution in [3.8, 4) is 0 Å². The number of nitrogens with zero attached hydrogens (tertiary/aromatic N) is 3. The van der Waals surface area contributed by atoms with Crippen molar-refractivity contribution in [2.24, 2.45) is 5.92 Å². The van der Waals surface area contributed by atoms with E-state index in [4.69, 9.17) is 11.6 Å². The molecule has 0 atom stereocenters. The minimum Gasteiger partial charge on any atom is -0.266 e. The molecule has 1 N–H and O–H groups in total. The SMILES string of the molecule is Cc1nc(Cl)nc2c1NC(=O)[N+]21CC(C)C1. The minimum absolute atomic E-state index is 0.00670.